The Balaban J connectivity index is 0.00000400. The number of hydrogen-bond donors (Lipinski definition) is 2. The SMILES string of the molecule is CC(=CC(=O)Nc1ccc([N+](=O)[O-])cc1)NCC(=O)[O-].[Na+]. The maximum Gasteiger partial charge on any atom is 1.00 e. The summed E-state index contributed by atoms with van der Waals surface area (Å²) in [7, 11) is 0. The molecule has 0 aromatic heterocycles. The van der Waals surface area contributed by atoms with Crippen LogP contribution in [-0.4, -0.2) is 23.3 Å². The number of benzene rings is 1. The molecule has 0 bridgehead atoms. The molecule has 0 aliphatic rings. The number of nitrogens with one attached hydrogen (secondary N) is 2. The number of nitro benzene ring substituents is 1. The number of hydrogen-bond acceptors (Lipinski definition) is 6. The Labute approximate surface area is 142 Å². The molecule has 0 atom stereocenters. The van der Waals surface area contributed by atoms with Crippen molar-refractivity contribution >= 4 is 23.3 Å². The van der Waals surface area contributed by atoms with Crippen molar-refractivity contribution in [3.05, 3.63) is 46.2 Å². The zero-order valence-electron chi connectivity index (χ0n) is 11.6. The van der Waals surface area contributed by atoms with Crippen molar-refractivity contribution in [2.45, 2.75) is 6.92 Å². The van der Waals surface area contributed by atoms with E-state index in [1.807, 2.05) is 0 Å². The Morgan fingerprint density at radius 3 is 2.33 bits per heavy atom. The fourth-order valence-corrected chi connectivity index (χ4v) is 1.30. The van der Waals surface area contributed by atoms with Crippen molar-refractivity contribution in [3.8, 4) is 0 Å². The van der Waals surface area contributed by atoms with Gasteiger partial charge in [0.2, 0.25) is 5.91 Å². The van der Waals surface area contributed by atoms with E-state index in [4.69, 9.17) is 0 Å². The molecule has 1 rings (SSSR count). The van der Waals surface area contributed by atoms with Crippen molar-refractivity contribution in [1.29, 1.82) is 0 Å². The fraction of sp³-hybridized carbons (Fsp3) is 0.167. The number of anilines is 1. The van der Waals surface area contributed by atoms with Crippen molar-refractivity contribution in [2.24, 2.45) is 0 Å². The van der Waals surface area contributed by atoms with E-state index in [0.717, 1.165) is 0 Å². The summed E-state index contributed by atoms with van der Waals surface area (Å²) >= 11 is 0. The van der Waals surface area contributed by atoms with Gasteiger partial charge in [-0.2, -0.15) is 0 Å². The van der Waals surface area contributed by atoms with Crippen LogP contribution in [0, 0.1) is 10.1 Å². The standard InChI is InChI=1S/C12H13N3O5.Na/c1-8(13-7-12(17)18)6-11(16)14-9-2-4-10(5-3-9)15(19)20;/h2-6,13H,7H2,1H3,(H,14,16)(H,17,18);/q;+1/p-1. The van der Waals surface area contributed by atoms with Crippen molar-refractivity contribution < 1.29 is 49.2 Å². The number of nitro groups is 1. The van der Waals surface area contributed by atoms with Crippen molar-refractivity contribution in [3.63, 3.8) is 0 Å². The number of rotatable bonds is 6. The molecule has 0 aliphatic heterocycles. The van der Waals surface area contributed by atoms with Gasteiger partial charge in [-0.15, -0.1) is 0 Å². The summed E-state index contributed by atoms with van der Waals surface area (Å²) in [5.74, 6) is -1.77. The summed E-state index contributed by atoms with van der Waals surface area (Å²) < 4.78 is 0. The smallest absolute Gasteiger partial charge is 0.548 e. The molecule has 0 fully saturated rings. The summed E-state index contributed by atoms with van der Waals surface area (Å²) in [6, 6.07) is 5.32. The Hall–Kier alpha value is -1.90. The summed E-state index contributed by atoms with van der Waals surface area (Å²) in [4.78, 5) is 31.7. The quantitative estimate of drug-likeness (QED) is 0.246. The van der Waals surface area contributed by atoms with E-state index >= 15 is 0 Å². The van der Waals surface area contributed by atoms with Crippen LogP contribution >= 0.6 is 0 Å². The monoisotopic (exact) mass is 301 g/mol. The molecular formula is C12H12N3NaO5. The van der Waals surface area contributed by atoms with E-state index in [0.29, 0.717) is 11.4 Å². The van der Waals surface area contributed by atoms with Crippen LogP contribution in [-0.2, 0) is 9.59 Å². The number of carbonyl (C=O) groups is 2. The van der Waals surface area contributed by atoms with Gasteiger partial charge < -0.3 is 20.5 Å². The minimum absolute atomic E-state index is 0. The second-order valence-electron chi connectivity index (χ2n) is 3.85. The first kappa shape index (κ1) is 19.1. The van der Waals surface area contributed by atoms with Gasteiger partial charge in [0.15, 0.2) is 0 Å². The van der Waals surface area contributed by atoms with Gasteiger partial charge in [0.05, 0.1) is 17.4 Å². The largest absolute Gasteiger partial charge is 1.00 e. The second-order valence-corrected chi connectivity index (χ2v) is 3.85. The molecular weight excluding hydrogens is 289 g/mol. The van der Waals surface area contributed by atoms with Gasteiger partial charge in [0, 0.05) is 29.6 Å². The van der Waals surface area contributed by atoms with Gasteiger partial charge in [0.1, 0.15) is 0 Å². The predicted molar refractivity (Wildman–Crippen MR) is 68.5 cm³/mol. The molecule has 0 aliphatic carbocycles. The van der Waals surface area contributed by atoms with E-state index in [9.17, 15) is 24.8 Å². The van der Waals surface area contributed by atoms with Crippen LogP contribution in [0.15, 0.2) is 36.0 Å². The van der Waals surface area contributed by atoms with Gasteiger partial charge in [-0.05, 0) is 19.1 Å². The average Bonchev–Trinajstić information content (AvgIpc) is 2.36. The first-order chi connectivity index (χ1) is 9.38. The Kier molecular flexibility index (Phi) is 8.29. The van der Waals surface area contributed by atoms with Crippen LogP contribution in [0.25, 0.3) is 0 Å². The maximum absolute atomic E-state index is 11.6. The molecule has 8 nitrogen and oxygen atoms in total. The summed E-state index contributed by atoms with van der Waals surface area (Å²) in [6.07, 6.45) is 1.17. The molecule has 0 radical (unpaired) electrons. The number of carbonyl (C=O) groups excluding carboxylic acids is 2. The van der Waals surface area contributed by atoms with E-state index in [2.05, 4.69) is 10.6 Å². The minimum Gasteiger partial charge on any atom is -0.548 e. The number of amides is 1. The number of non-ortho nitro benzene ring substituents is 1. The molecule has 0 heterocycles. The maximum atomic E-state index is 11.6. The van der Waals surface area contributed by atoms with E-state index in [-0.39, 0.29) is 35.2 Å². The molecule has 0 saturated heterocycles. The van der Waals surface area contributed by atoms with Gasteiger partial charge >= 0.3 is 29.6 Å². The number of allylic oxidation sites excluding steroid dienone is 1. The van der Waals surface area contributed by atoms with Crippen LogP contribution in [0.1, 0.15) is 6.92 Å². The number of carboxylic acids is 1. The molecule has 1 aromatic carbocycles. The van der Waals surface area contributed by atoms with Crippen LogP contribution in [0.3, 0.4) is 0 Å². The van der Waals surface area contributed by atoms with E-state index < -0.39 is 23.3 Å². The average molecular weight is 301 g/mol. The molecule has 0 spiro atoms. The zero-order valence-corrected chi connectivity index (χ0v) is 13.6. The van der Waals surface area contributed by atoms with Crippen LogP contribution in [0.4, 0.5) is 11.4 Å². The van der Waals surface area contributed by atoms with Crippen molar-refractivity contribution in [1.82, 2.24) is 5.32 Å². The summed E-state index contributed by atoms with van der Waals surface area (Å²) in [5.41, 5.74) is 0.670. The van der Waals surface area contributed by atoms with Crippen LogP contribution < -0.4 is 45.3 Å². The third kappa shape index (κ3) is 7.45. The zero-order chi connectivity index (χ0) is 15.1. The van der Waals surface area contributed by atoms with E-state index in [1.54, 1.807) is 0 Å². The predicted octanol–water partition coefficient (Wildman–Crippen LogP) is -3.22. The number of nitrogens with zero attached hydrogens (tertiary/aromatic N) is 1. The van der Waals surface area contributed by atoms with Gasteiger partial charge in [-0.25, -0.2) is 0 Å². The summed E-state index contributed by atoms with van der Waals surface area (Å²) in [6.45, 7) is 1.13. The van der Waals surface area contributed by atoms with E-state index in [1.165, 1.54) is 37.3 Å². The third-order valence-electron chi connectivity index (χ3n) is 2.20. The topological polar surface area (TPSA) is 124 Å². The first-order valence-electron chi connectivity index (χ1n) is 5.56. The Morgan fingerprint density at radius 2 is 1.86 bits per heavy atom. The fourth-order valence-electron chi connectivity index (χ4n) is 1.30. The molecule has 21 heavy (non-hydrogen) atoms. The summed E-state index contributed by atoms with van der Waals surface area (Å²) in [5, 5.41) is 25.6. The molecule has 1 amide bonds. The van der Waals surface area contributed by atoms with Gasteiger partial charge in [0.25, 0.3) is 5.69 Å². The minimum atomic E-state index is -1.28. The van der Waals surface area contributed by atoms with Gasteiger partial charge in [-0.3, -0.25) is 14.9 Å². The van der Waals surface area contributed by atoms with Crippen LogP contribution in [0.5, 0.6) is 0 Å². The Morgan fingerprint density at radius 1 is 1.29 bits per heavy atom. The van der Waals surface area contributed by atoms with Crippen molar-refractivity contribution in [2.75, 3.05) is 11.9 Å². The Bertz CT molecular complexity index is 557. The number of aliphatic carboxylic acids is 1. The number of carboxylic acid groups (broad SMARTS) is 1. The molecule has 9 heteroatoms. The molecule has 2 N–H and O–H groups in total. The first-order valence-corrected chi connectivity index (χ1v) is 5.56. The van der Waals surface area contributed by atoms with Crippen LogP contribution in [0.2, 0.25) is 0 Å². The molecule has 0 saturated carbocycles. The van der Waals surface area contributed by atoms with Gasteiger partial charge in [-0.1, -0.05) is 0 Å². The third-order valence-corrected chi connectivity index (χ3v) is 2.20. The second kappa shape index (κ2) is 9.11. The molecule has 0 unspecified atom stereocenters. The molecule has 1 aromatic rings. The molecule has 106 valence electrons. The normalized spacial score (nSPS) is 10.2.